The molecule has 94 valence electrons. The zero-order valence-electron chi connectivity index (χ0n) is 10.0. The quantitative estimate of drug-likeness (QED) is 0.863. The molecule has 0 amide bonds. The summed E-state index contributed by atoms with van der Waals surface area (Å²) in [6, 6.07) is 1.74. The van der Waals surface area contributed by atoms with Crippen molar-refractivity contribution in [1.82, 2.24) is 4.98 Å². The predicted octanol–water partition coefficient (Wildman–Crippen LogP) is 2.32. The third-order valence-corrected chi connectivity index (χ3v) is 6.61. The van der Waals surface area contributed by atoms with Gasteiger partial charge < -0.3 is 10.8 Å². The molecule has 4 unspecified atom stereocenters. The summed E-state index contributed by atoms with van der Waals surface area (Å²) >= 11 is 3.77. The van der Waals surface area contributed by atoms with Crippen molar-refractivity contribution in [3.63, 3.8) is 0 Å². The van der Waals surface area contributed by atoms with E-state index in [1.165, 1.54) is 0 Å². The Labute approximate surface area is 111 Å². The van der Waals surface area contributed by atoms with Crippen molar-refractivity contribution in [1.29, 1.82) is 0 Å². The van der Waals surface area contributed by atoms with Crippen molar-refractivity contribution in [2.24, 2.45) is 0 Å². The van der Waals surface area contributed by atoms with Crippen molar-refractivity contribution in [3.05, 3.63) is 24.0 Å². The Hall–Kier alpha value is -0.390. The Kier molecular flexibility index (Phi) is 4.22. The maximum absolute atomic E-state index is 10.4. The van der Waals surface area contributed by atoms with Gasteiger partial charge in [0, 0.05) is 45.1 Å². The van der Waals surface area contributed by atoms with Crippen LogP contribution in [-0.4, -0.2) is 31.6 Å². The summed E-state index contributed by atoms with van der Waals surface area (Å²) in [5.41, 5.74) is 7.26. The van der Waals surface area contributed by atoms with Crippen LogP contribution in [-0.2, 0) is 0 Å². The van der Waals surface area contributed by atoms with Gasteiger partial charge in [-0.15, -0.1) is 0 Å². The van der Waals surface area contributed by atoms with Gasteiger partial charge in [-0.2, -0.15) is 23.5 Å². The zero-order chi connectivity index (χ0) is 12.4. The lowest BCUT2D eigenvalue weighted by molar-refractivity contribution is 0.180. The Morgan fingerprint density at radius 3 is 2.88 bits per heavy atom. The van der Waals surface area contributed by atoms with Crippen molar-refractivity contribution in [2.45, 2.75) is 35.7 Å². The molecule has 1 aliphatic rings. The number of rotatable bonds is 2. The first-order valence-electron chi connectivity index (χ1n) is 5.74. The van der Waals surface area contributed by atoms with Gasteiger partial charge in [0.2, 0.25) is 0 Å². The molecule has 1 aliphatic heterocycles. The van der Waals surface area contributed by atoms with Gasteiger partial charge in [-0.3, -0.25) is 4.98 Å². The third kappa shape index (κ3) is 2.89. The molecule has 0 saturated carbocycles. The average Bonchev–Trinajstić information content (AvgIpc) is 2.32. The second kappa shape index (κ2) is 5.50. The highest BCUT2D eigenvalue weighted by Gasteiger charge is 2.31. The molecule has 2 heterocycles. The van der Waals surface area contributed by atoms with Crippen LogP contribution in [0.1, 0.15) is 25.5 Å². The van der Waals surface area contributed by atoms with Crippen molar-refractivity contribution in [3.8, 4) is 0 Å². The number of aliphatic hydroxyl groups excluding tert-OH is 1. The van der Waals surface area contributed by atoms with E-state index in [9.17, 15) is 5.11 Å². The fourth-order valence-electron chi connectivity index (χ4n) is 1.84. The number of pyridine rings is 1. The van der Waals surface area contributed by atoms with Gasteiger partial charge in [0.1, 0.15) is 0 Å². The predicted molar refractivity (Wildman–Crippen MR) is 76.4 cm³/mol. The number of anilines is 1. The van der Waals surface area contributed by atoms with Crippen LogP contribution in [0.5, 0.6) is 0 Å². The molecule has 3 nitrogen and oxygen atoms in total. The van der Waals surface area contributed by atoms with Crippen LogP contribution in [0.15, 0.2) is 18.5 Å². The topological polar surface area (TPSA) is 59.1 Å². The van der Waals surface area contributed by atoms with Crippen LogP contribution in [0.25, 0.3) is 0 Å². The summed E-state index contributed by atoms with van der Waals surface area (Å²) in [7, 11) is 0. The van der Waals surface area contributed by atoms with Crippen molar-refractivity contribution >= 4 is 29.2 Å². The summed E-state index contributed by atoms with van der Waals surface area (Å²) < 4.78 is 0. The standard InChI is InChI=1S/C12H18N2OS2/c1-7-8(2)17-11(6-16-7)12(15)9-5-14-4-3-10(9)13/h3-5,7-8,11-12,15H,6H2,1-2H3,(H2,13,14). The van der Waals surface area contributed by atoms with Gasteiger partial charge in [-0.1, -0.05) is 13.8 Å². The molecule has 1 saturated heterocycles. The molecule has 2 rings (SSSR count). The average molecular weight is 270 g/mol. The normalized spacial score (nSPS) is 31.1. The second-order valence-electron chi connectivity index (χ2n) is 4.37. The summed E-state index contributed by atoms with van der Waals surface area (Å²) in [4.78, 5) is 4.04. The van der Waals surface area contributed by atoms with Crippen LogP contribution in [0, 0.1) is 0 Å². The summed E-state index contributed by atoms with van der Waals surface area (Å²) in [6.07, 6.45) is 2.81. The number of aromatic nitrogens is 1. The van der Waals surface area contributed by atoms with Gasteiger partial charge in [0.05, 0.1) is 6.10 Å². The van der Waals surface area contributed by atoms with E-state index in [4.69, 9.17) is 5.73 Å². The van der Waals surface area contributed by atoms with Crippen molar-refractivity contribution < 1.29 is 5.11 Å². The molecule has 0 spiro atoms. The molecule has 1 aromatic heterocycles. The maximum atomic E-state index is 10.4. The number of nitrogens with zero attached hydrogens (tertiary/aromatic N) is 1. The number of thioether (sulfide) groups is 2. The second-order valence-corrected chi connectivity index (χ2v) is 7.40. The van der Waals surface area contributed by atoms with Gasteiger partial charge in [0.15, 0.2) is 0 Å². The van der Waals surface area contributed by atoms with Gasteiger partial charge >= 0.3 is 0 Å². The van der Waals surface area contributed by atoms with E-state index < -0.39 is 6.10 Å². The smallest absolute Gasteiger partial charge is 0.0951 e. The van der Waals surface area contributed by atoms with Gasteiger partial charge in [-0.25, -0.2) is 0 Å². The van der Waals surface area contributed by atoms with Crippen LogP contribution in [0.2, 0.25) is 0 Å². The molecular formula is C12H18N2OS2. The number of nitrogens with two attached hydrogens (primary N) is 1. The van der Waals surface area contributed by atoms with E-state index in [2.05, 4.69) is 18.8 Å². The molecule has 0 aliphatic carbocycles. The first kappa shape index (κ1) is 13.1. The van der Waals surface area contributed by atoms with Crippen LogP contribution in [0.3, 0.4) is 0 Å². The van der Waals surface area contributed by atoms with E-state index in [0.717, 1.165) is 11.3 Å². The fraction of sp³-hybridized carbons (Fsp3) is 0.583. The molecule has 1 fully saturated rings. The minimum Gasteiger partial charge on any atom is -0.398 e. The molecule has 17 heavy (non-hydrogen) atoms. The summed E-state index contributed by atoms with van der Waals surface area (Å²) in [5, 5.41) is 11.8. The first-order chi connectivity index (χ1) is 8.09. The minimum absolute atomic E-state index is 0.206. The van der Waals surface area contributed by atoms with Crippen LogP contribution < -0.4 is 5.73 Å². The maximum Gasteiger partial charge on any atom is 0.0951 e. The molecular weight excluding hydrogens is 252 g/mol. The lowest BCUT2D eigenvalue weighted by Gasteiger charge is -2.34. The largest absolute Gasteiger partial charge is 0.398 e. The lowest BCUT2D eigenvalue weighted by atomic mass is 10.1. The highest BCUT2D eigenvalue weighted by molar-refractivity contribution is 8.07. The Bertz CT molecular complexity index is 389. The SMILES string of the molecule is CC1SCC(C(O)c2cnccc2N)SC1C. The monoisotopic (exact) mass is 270 g/mol. The molecule has 0 radical (unpaired) electrons. The van der Waals surface area contributed by atoms with E-state index in [1.54, 1.807) is 18.5 Å². The Morgan fingerprint density at radius 2 is 2.24 bits per heavy atom. The fourth-order valence-corrected chi connectivity index (χ4v) is 4.83. The summed E-state index contributed by atoms with van der Waals surface area (Å²) in [5.74, 6) is 0.964. The molecule has 3 N–H and O–H groups in total. The third-order valence-electron chi connectivity index (χ3n) is 3.13. The van der Waals surface area contributed by atoms with Gasteiger partial charge in [0.25, 0.3) is 0 Å². The molecule has 0 aromatic carbocycles. The number of hydrogen-bond donors (Lipinski definition) is 2. The van der Waals surface area contributed by atoms with Crippen LogP contribution >= 0.6 is 23.5 Å². The summed E-state index contributed by atoms with van der Waals surface area (Å²) in [6.45, 7) is 4.46. The molecule has 4 atom stereocenters. The number of nitrogen functional groups attached to an aromatic ring is 1. The molecule has 5 heteroatoms. The van der Waals surface area contributed by atoms with E-state index in [1.807, 2.05) is 23.5 Å². The first-order valence-corrected chi connectivity index (χ1v) is 7.73. The van der Waals surface area contributed by atoms with Gasteiger partial charge in [-0.05, 0) is 6.07 Å². The highest BCUT2D eigenvalue weighted by Crippen LogP contribution is 2.41. The van der Waals surface area contributed by atoms with E-state index in [-0.39, 0.29) is 5.25 Å². The molecule has 1 aromatic rings. The Morgan fingerprint density at radius 1 is 1.47 bits per heavy atom. The van der Waals surface area contributed by atoms with E-state index >= 15 is 0 Å². The van der Waals surface area contributed by atoms with Crippen molar-refractivity contribution in [2.75, 3.05) is 11.5 Å². The number of aliphatic hydroxyl groups is 1. The lowest BCUT2D eigenvalue weighted by Crippen LogP contribution is -2.30. The molecule has 0 bridgehead atoms. The Balaban J connectivity index is 2.10. The van der Waals surface area contributed by atoms with Crippen LogP contribution in [0.4, 0.5) is 5.69 Å². The van der Waals surface area contributed by atoms with E-state index in [0.29, 0.717) is 16.2 Å². The number of hydrogen-bond acceptors (Lipinski definition) is 5. The zero-order valence-corrected chi connectivity index (χ0v) is 11.7. The highest BCUT2D eigenvalue weighted by atomic mass is 32.2. The minimum atomic E-state index is -0.517.